The van der Waals surface area contributed by atoms with E-state index in [9.17, 15) is 26.4 Å². The Morgan fingerprint density at radius 2 is 1.59 bits per heavy atom. The van der Waals surface area contributed by atoms with Gasteiger partial charge in [-0.05, 0) is 35.2 Å². The van der Waals surface area contributed by atoms with E-state index in [-0.39, 0.29) is 16.9 Å². The van der Waals surface area contributed by atoms with Gasteiger partial charge in [0.25, 0.3) is 0 Å². The lowest BCUT2D eigenvalue weighted by Crippen LogP contribution is -2.50. The molecule has 0 aliphatic rings. The van der Waals surface area contributed by atoms with Crippen molar-refractivity contribution < 1.29 is 26.4 Å². The van der Waals surface area contributed by atoms with Gasteiger partial charge in [-0.25, -0.2) is 8.42 Å². The molecule has 0 aromatic heterocycles. The van der Waals surface area contributed by atoms with Crippen LogP contribution < -0.4 is 5.73 Å². The van der Waals surface area contributed by atoms with Crippen molar-refractivity contribution in [3.63, 3.8) is 0 Å². The Labute approximate surface area is 185 Å². The number of hydrogen-bond donors (Lipinski definition) is 1. The van der Waals surface area contributed by atoms with Crippen molar-refractivity contribution in [2.75, 3.05) is 12.8 Å². The molecule has 1 amide bonds. The summed E-state index contributed by atoms with van der Waals surface area (Å²) in [6.07, 6.45) is -3.16. The Morgan fingerprint density at radius 3 is 1.97 bits per heavy atom. The molecule has 2 aromatic rings. The van der Waals surface area contributed by atoms with Crippen molar-refractivity contribution in [1.29, 1.82) is 5.26 Å². The quantitative estimate of drug-likeness (QED) is 0.565. The van der Waals surface area contributed by atoms with Gasteiger partial charge in [0.2, 0.25) is 5.91 Å². The molecular formula is C22H24F3N3O3S. The molecule has 2 atom stereocenters. The molecule has 0 aliphatic heterocycles. The number of benzene rings is 2. The van der Waals surface area contributed by atoms with Crippen molar-refractivity contribution in [3.05, 3.63) is 54.1 Å². The largest absolute Gasteiger partial charge is 0.408 e. The van der Waals surface area contributed by atoms with Crippen LogP contribution in [-0.4, -0.2) is 44.2 Å². The molecule has 0 spiro atoms. The molecule has 2 rings (SSSR count). The molecule has 32 heavy (non-hydrogen) atoms. The lowest BCUT2D eigenvalue weighted by Gasteiger charge is -2.36. The number of rotatable bonds is 9. The molecule has 0 radical (unpaired) electrons. The van der Waals surface area contributed by atoms with Gasteiger partial charge in [0.1, 0.15) is 6.04 Å². The molecule has 10 heteroatoms. The number of nitrogens with zero attached hydrogens (tertiary/aromatic N) is 2. The third kappa shape index (κ3) is 6.08. The molecule has 0 unspecified atom stereocenters. The van der Waals surface area contributed by atoms with Gasteiger partial charge in [0.05, 0.1) is 23.6 Å². The van der Waals surface area contributed by atoms with Crippen LogP contribution in [0.25, 0.3) is 11.1 Å². The maximum atomic E-state index is 14.1. The van der Waals surface area contributed by atoms with Crippen LogP contribution in [0.2, 0.25) is 0 Å². The van der Waals surface area contributed by atoms with Crippen molar-refractivity contribution >= 4 is 15.7 Å². The van der Waals surface area contributed by atoms with Crippen molar-refractivity contribution in [2.45, 2.75) is 42.9 Å². The Bertz CT molecular complexity index is 1080. The van der Waals surface area contributed by atoms with E-state index in [4.69, 9.17) is 11.0 Å². The predicted octanol–water partition coefficient (Wildman–Crippen LogP) is 3.84. The summed E-state index contributed by atoms with van der Waals surface area (Å²) >= 11 is 0. The first-order valence-electron chi connectivity index (χ1n) is 9.79. The summed E-state index contributed by atoms with van der Waals surface area (Å²) in [5.41, 5.74) is 6.44. The SMILES string of the molecule is CCC[C@@H](C(N)=O)N(CC#N)[C@H](c1ccc(-c2ccc(S(C)(=O)=O)cc2)cc1)C(F)(F)F. The highest BCUT2D eigenvalue weighted by Gasteiger charge is 2.47. The van der Waals surface area contributed by atoms with E-state index in [2.05, 4.69) is 0 Å². The van der Waals surface area contributed by atoms with Gasteiger partial charge in [-0.1, -0.05) is 49.7 Å². The van der Waals surface area contributed by atoms with Gasteiger partial charge in [0, 0.05) is 6.26 Å². The first kappa shape index (κ1) is 25.4. The topological polar surface area (TPSA) is 104 Å². The fraction of sp³-hybridized carbons (Fsp3) is 0.364. The number of nitriles is 1. The van der Waals surface area contributed by atoms with E-state index in [1.807, 2.05) is 0 Å². The molecule has 0 heterocycles. The Balaban J connectivity index is 2.46. The molecule has 0 bridgehead atoms. The zero-order chi connectivity index (χ0) is 24.1. The molecule has 2 N–H and O–H groups in total. The summed E-state index contributed by atoms with van der Waals surface area (Å²) in [4.78, 5) is 12.8. The maximum Gasteiger partial charge on any atom is 0.408 e. The zero-order valence-electron chi connectivity index (χ0n) is 17.6. The first-order valence-corrected chi connectivity index (χ1v) is 11.7. The van der Waals surface area contributed by atoms with Gasteiger partial charge in [0.15, 0.2) is 9.84 Å². The van der Waals surface area contributed by atoms with E-state index < -0.39 is 40.5 Å². The van der Waals surface area contributed by atoms with Gasteiger partial charge in [-0.2, -0.15) is 18.4 Å². The lowest BCUT2D eigenvalue weighted by atomic mass is 9.97. The minimum atomic E-state index is -4.75. The van der Waals surface area contributed by atoms with E-state index in [1.54, 1.807) is 25.1 Å². The van der Waals surface area contributed by atoms with E-state index in [1.165, 1.54) is 36.4 Å². The molecule has 2 aromatic carbocycles. The van der Waals surface area contributed by atoms with Gasteiger partial charge >= 0.3 is 6.18 Å². The Hall–Kier alpha value is -2.90. The summed E-state index contributed by atoms with van der Waals surface area (Å²) in [6, 6.07) is 9.79. The number of carbonyl (C=O) groups is 1. The monoisotopic (exact) mass is 467 g/mol. The number of amides is 1. The second-order valence-electron chi connectivity index (χ2n) is 7.40. The second-order valence-corrected chi connectivity index (χ2v) is 9.42. The smallest absolute Gasteiger partial charge is 0.368 e. The van der Waals surface area contributed by atoms with E-state index in [0.29, 0.717) is 17.5 Å². The third-order valence-electron chi connectivity index (χ3n) is 5.03. The summed E-state index contributed by atoms with van der Waals surface area (Å²) in [6.45, 7) is 1.10. The van der Waals surface area contributed by atoms with Crippen LogP contribution in [0.5, 0.6) is 0 Å². The summed E-state index contributed by atoms with van der Waals surface area (Å²) in [7, 11) is -3.37. The minimum Gasteiger partial charge on any atom is -0.368 e. The second kappa shape index (κ2) is 10.1. The average Bonchev–Trinajstić information content (AvgIpc) is 2.70. The highest BCUT2D eigenvalue weighted by molar-refractivity contribution is 7.90. The van der Waals surface area contributed by atoms with Gasteiger partial charge in [-0.3, -0.25) is 9.69 Å². The first-order chi connectivity index (χ1) is 14.9. The number of hydrogen-bond acceptors (Lipinski definition) is 5. The summed E-state index contributed by atoms with van der Waals surface area (Å²) in [5.74, 6) is -0.918. The van der Waals surface area contributed by atoms with Crippen molar-refractivity contribution in [3.8, 4) is 17.2 Å². The normalized spacial score (nSPS) is 14.0. The van der Waals surface area contributed by atoms with Crippen LogP contribution in [0.4, 0.5) is 13.2 Å². The summed E-state index contributed by atoms with van der Waals surface area (Å²) < 4.78 is 65.4. The number of sulfone groups is 1. The number of primary amides is 1. The van der Waals surface area contributed by atoms with Crippen molar-refractivity contribution in [1.82, 2.24) is 4.90 Å². The Morgan fingerprint density at radius 1 is 1.09 bits per heavy atom. The van der Waals surface area contributed by atoms with Crippen molar-refractivity contribution in [2.24, 2.45) is 5.73 Å². The molecule has 0 aliphatic carbocycles. The average molecular weight is 468 g/mol. The number of alkyl halides is 3. The Kier molecular flexibility index (Phi) is 8.04. The lowest BCUT2D eigenvalue weighted by molar-refractivity contribution is -0.191. The fourth-order valence-electron chi connectivity index (χ4n) is 3.53. The van der Waals surface area contributed by atoms with Gasteiger partial charge in [-0.15, -0.1) is 0 Å². The maximum absolute atomic E-state index is 14.1. The zero-order valence-corrected chi connectivity index (χ0v) is 18.4. The molecule has 0 saturated carbocycles. The molecule has 0 saturated heterocycles. The third-order valence-corrected chi connectivity index (χ3v) is 6.16. The predicted molar refractivity (Wildman–Crippen MR) is 114 cm³/mol. The van der Waals surface area contributed by atoms with Crippen LogP contribution in [0.3, 0.4) is 0 Å². The number of halogens is 3. The molecular weight excluding hydrogens is 443 g/mol. The van der Waals surface area contributed by atoms with E-state index in [0.717, 1.165) is 11.2 Å². The van der Waals surface area contributed by atoms with Gasteiger partial charge < -0.3 is 5.73 Å². The number of nitrogens with two attached hydrogens (primary N) is 1. The van der Waals surface area contributed by atoms with E-state index >= 15 is 0 Å². The number of carbonyl (C=O) groups excluding carboxylic acids is 1. The standard InChI is InChI=1S/C22H24F3N3O3S/c1-3-4-19(21(27)29)28(14-13-26)20(22(23,24)25)17-7-5-15(6-8-17)16-9-11-18(12-10-16)32(2,30)31/h5-12,19-20H,3-4,14H2,1-2H3,(H2,27,29)/t19-,20+/m0/s1. The highest BCUT2D eigenvalue weighted by atomic mass is 32.2. The highest BCUT2D eigenvalue weighted by Crippen LogP contribution is 2.40. The minimum absolute atomic E-state index is 0.0916. The fourth-order valence-corrected chi connectivity index (χ4v) is 4.16. The van der Waals surface area contributed by atoms with Crippen LogP contribution >= 0.6 is 0 Å². The van der Waals surface area contributed by atoms with Crippen LogP contribution in [-0.2, 0) is 14.6 Å². The van der Waals surface area contributed by atoms with Crippen LogP contribution in [0.15, 0.2) is 53.4 Å². The summed E-state index contributed by atoms with van der Waals surface area (Å²) in [5, 5.41) is 9.12. The molecule has 172 valence electrons. The van der Waals surface area contributed by atoms with Crippen LogP contribution in [0, 0.1) is 11.3 Å². The van der Waals surface area contributed by atoms with Crippen LogP contribution in [0.1, 0.15) is 31.4 Å². The molecule has 0 fully saturated rings. The molecule has 6 nitrogen and oxygen atoms in total.